The lowest BCUT2D eigenvalue weighted by Crippen LogP contribution is -2.38. The molecule has 0 aliphatic rings. The second-order valence-corrected chi connectivity index (χ2v) is 10.2. The largest absolute Gasteiger partial charge is 0.458 e. The van der Waals surface area contributed by atoms with E-state index in [-0.39, 0.29) is 6.04 Å². The van der Waals surface area contributed by atoms with E-state index in [1.807, 2.05) is 65.5 Å². The van der Waals surface area contributed by atoms with E-state index in [0.717, 1.165) is 18.7 Å². The van der Waals surface area contributed by atoms with Gasteiger partial charge in [0, 0.05) is 39.6 Å². The fourth-order valence-electron chi connectivity index (χ4n) is 3.41. The van der Waals surface area contributed by atoms with Crippen molar-refractivity contribution in [1.29, 1.82) is 0 Å². The number of nitrogens with one attached hydrogen (secondary N) is 2. The minimum absolute atomic E-state index is 0.140. The van der Waals surface area contributed by atoms with Crippen LogP contribution in [0.25, 0.3) is 0 Å². The van der Waals surface area contributed by atoms with Gasteiger partial charge in [-0.3, -0.25) is 0 Å². The quantitative estimate of drug-likeness (QED) is 0.417. The lowest BCUT2D eigenvalue weighted by Gasteiger charge is -2.27. The molecule has 10 nitrogen and oxygen atoms in total. The van der Waals surface area contributed by atoms with Gasteiger partial charge in [0.2, 0.25) is 5.95 Å². The third-order valence-corrected chi connectivity index (χ3v) is 5.20. The second kappa shape index (κ2) is 13.1. The van der Waals surface area contributed by atoms with Crippen molar-refractivity contribution in [1.82, 2.24) is 14.9 Å². The normalized spacial score (nSPS) is 12.1. The van der Waals surface area contributed by atoms with Crippen LogP contribution >= 0.6 is 0 Å². The summed E-state index contributed by atoms with van der Waals surface area (Å²) in [5, 5.41) is 6.68. The summed E-state index contributed by atoms with van der Waals surface area (Å²) in [6.07, 6.45) is 1.62. The molecule has 204 valence electrons. The molecule has 0 spiro atoms. The molecule has 0 fully saturated rings. The Bertz CT molecular complexity index is 1030. The summed E-state index contributed by atoms with van der Waals surface area (Å²) in [7, 11) is 3.24. The van der Waals surface area contributed by atoms with Gasteiger partial charge in [0.15, 0.2) is 5.82 Å². The van der Waals surface area contributed by atoms with Crippen LogP contribution in [0.3, 0.4) is 0 Å². The molecule has 10 heteroatoms. The summed E-state index contributed by atoms with van der Waals surface area (Å²) >= 11 is 0. The molecule has 1 aromatic carbocycles. The first-order valence-corrected chi connectivity index (χ1v) is 12.7. The van der Waals surface area contributed by atoms with E-state index in [1.165, 1.54) is 4.90 Å². The van der Waals surface area contributed by atoms with Crippen LogP contribution in [0.5, 0.6) is 5.75 Å². The van der Waals surface area contributed by atoms with Gasteiger partial charge in [0.1, 0.15) is 17.4 Å². The van der Waals surface area contributed by atoms with Gasteiger partial charge in [-0.05, 0) is 66.2 Å². The molecule has 2 rings (SSSR count). The summed E-state index contributed by atoms with van der Waals surface area (Å²) in [6.45, 7) is 15.2. The maximum Gasteiger partial charge on any atom is 0.414 e. The van der Waals surface area contributed by atoms with Gasteiger partial charge in [-0.25, -0.2) is 14.6 Å². The molecular formula is C27H42N6O4. The van der Waals surface area contributed by atoms with Crippen molar-refractivity contribution >= 4 is 29.5 Å². The van der Waals surface area contributed by atoms with Crippen molar-refractivity contribution in [2.75, 3.05) is 42.7 Å². The molecule has 1 aromatic heterocycles. The summed E-state index contributed by atoms with van der Waals surface area (Å²) in [6, 6.07) is 6.48. The van der Waals surface area contributed by atoms with Crippen molar-refractivity contribution in [3.8, 4) is 5.75 Å². The van der Waals surface area contributed by atoms with Crippen LogP contribution in [0.15, 0.2) is 30.5 Å². The van der Waals surface area contributed by atoms with Crippen molar-refractivity contribution in [2.45, 2.75) is 72.6 Å². The van der Waals surface area contributed by atoms with Gasteiger partial charge in [-0.2, -0.15) is 4.98 Å². The molecule has 1 heterocycles. The van der Waals surface area contributed by atoms with E-state index in [1.54, 1.807) is 32.4 Å². The molecular weight excluding hydrogens is 472 g/mol. The first-order valence-electron chi connectivity index (χ1n) is 12.7. The molecule has 0 unspecified atom stereocenters. The Hall–Kier alpha value is -3.56. The van der Waals surface area contributed by atoms with Crippen molar-refractivity contribution < 1.29 is 19.1 Å². The molecule has 0 radical (unpaired) electrons. The lowest BCUT2D eigenvalue weighted by atomic mass is 10.0. The average Bonchev–Trinajstić information content (AvgIpc) is 2.80. The van der Waals surface area contributed by atoms with E-state index >= 15 is 0 Å². The summed E-state index contributed by atoms with van der Waals surface area (Å²) < 4.78 is 11.0. The average molecular weight is 515 g/mol. The zero-order chi connectivity index (χ0) is 27.8. The number of ether oxygens (including phenoxy) is 2. The number of carbonyl (C=O) groups is 2. The Morgan fingerprint density at radius 1 is 1.03 bits per heavy atom. The summed E-state index contributed by atoms with van der Waals surface area (Å²) in [5.74, 6) is 1.14. The van der Waals surface area contributed by atoms with E-state index in [0.29, 0.717) is 29.6 Å². The fourth-order valence-corrected chi connectivity index (χ4v) is 3.41. The Morgan fingerprint density at radius 3 is 2.16 bits per heavy atom. The molecule has 2 N–H and O–H groups in total. The van der Waals surface area contributed by atoms with Crippen LogP contribution in [0.4, 0.5) is 22.2 Å². The van der Waals surface area contributed by atoms with Gasteiger partial charge >= 0.3 is 12.1 Å². The SMILES string of the molecule is CCN(CC)c1ncc(NC(C)C)c(N[C@@H](Cc2ccc(OC(=O)N(C)C)cc2)C(=O)OC(C)(C)C)n1. The van der Waals surface area contributed by atoms with Crippen LogP contribution in [-0.4, -0.2) is 71.8 Å². The summed E-state index contributed by atoms with van der Waals surface area (Å²) in [5.41, 5.74) is 0.910. The smallest absolute Gasteiger partial charge is 0.414 e. The van der Waals surface area contributed by atoms with Gasteiger partial charge in [-0.15, -0.1) is 0 Å². The van der Waals surface area contributed by atoms with E-state index in [9.17, 15) is 9.59 Å². The number of benzene rings is 1. The number of amides is 1. The van der Waals surface area contributed by atoms with Crippen LogP contribution < -0.4 is 20.3 Å². The number of anilines is 3. The van der Waals surface area contributed by atoms with E-state index in [2.05, 4.69) is 15.6 Å². The van der Waals surface area contributed by atoms with Gasteiger partial charge in [0.05, 0.1) is 11.9 Å². The Labute approximate surface area is 220 Å². The van der Waals surface area contributed by atoms with Crippen molar-refractivity contribution in [3.05, 3.63) is 36.0 Å². The third-order valence-electron chi connectivity index (χ3n) is 5.20. The van der Waals surface area contributed by atoms with Crippen LogP contribution in [0, 0.1) is 0 Å². The number of rotatable bonds is 11. The first-order chi connectivity index (χ1) is 17.3. The number of carbonyl (C=O) groups excluding carboxylic acids is 2. The highest BCUT2D eigenvalue weighted by Crippen LogP contribution is 2.25. The highest BCUT2D eigenvalue weighted by atomic mass is 16.6. The second-order valence-electron chi connectivity index (χ2n) is 10.2. The van der Waals surface area contributed by atoms with Crippen molar-refractivity contribution in [3.63, 3.8) is 0 Å². The molecule has 2 aromatic rings. The molecule has 1 amide bonds. The minimum Gasteiger partial charge on any atom is -0.458 e. The Kier molecular flexibility index (Phi) is 10.5. The highest BCUT2D eigenvalue weighted by molar-refractivity contribution is 5.81. The van der Waals surface area contributed by atoms with E-state index < -0.39 is 23.7 Å². The minimum atomic E-state index is -0.721. The summed E-state index contributed by atoms with van der Waals surface area (Å²) in [4.78, 5) is 37.8. The number of aromatic nitrogens is 2. The fraction of sp³-hybridized carbons (Fsp3) is 0.556. The monoisotopic (exact) mass is 514 g/mol. The number of nitrogens with zero attached hydrogens (tertiary/aromatic N) is 4. The maximum atomic E-state index is 13.3. The third kappa shape index (κ3) is 9.44. The molecule has 0 bridgehead atoms. The number of hydrogen-bond donors (Lipinski definition) is 2. The van der Waals surface area contributed by atoms with Crippen LogP contribution in [-0.2, 0) is 16.0 Å². The van der Waals surface area contributed by atoms with Crippen LogP contribution in [0.2, 0.25) is 0 Å². The molecule has 0 saturated carbocycles. The standard InChI is InChI=1S/C27H42N6O4/c1-10-33(11-2)25-28-17-22(29-18(3)4)23(31-25)30-21(24(34)37-27(5,6)7)16-19-12-14-20(15-13-19)36-26(35)32(8)9/h12-15,17-18,21,29H,10-11,16H2,1-9H3,(H,28,30,31)/t21-/m0/s1. The molecule has 0 saturated heterocycles. The van der Waals surface area contributed by atoms with Crippen LogP contribution in [0.1, 0.15) is 54.0 Å². The molecule has 0 aliphatic heterocycles. The maximum absolute atomic E-state index is 13.3. The van der Waals surface area contributed by atoms with Gasteiger partial charge in [-0.1, -0.05) is 12.1 Å². The number of hydrogen-bond acceptors (Lipinski definition) is 9. The molecule has 0 aliphatic carbocycles. The Balaban J connectivity index is 2.39. The van der Waals surface area contributed by atoms with E-state index in [4.69, 9.17) is 14.5 Å². The molecule has 37 heavy (non-hydrogen) atoms. The molecule has 1 atom stereocenters. The van der Waals surface area contributed by atoms with Crippen molar-refractivity contribution in [2.24, 2.45) is 0 Å². The zero-order valence-electron chi connectivity index (χ0n) is 23.6. The zero-order valence-corrected chi connectivity index (χ0v) is 23.6. The van der Waals surface area contributed by atoms with Gasteiger partial charge in [0.25, 0.3) is 0 Å². The highest BCUT2D eigenvalue weighted by Gasteiger charge is 2.27. The lowest BCUT2D eigenvalue weighted by molar-refractivity contribution is -0.155. The Morgan fingerprint density at radius 2 is 1.65 bits per heavy atom. The topological polar surface area (TPSA) is 109 Å². The van der Waals surface area contributed by atoms with Gasteiger partial charge < -0.3 is 29.9 Å². The predicted molar refractivity (Wildman–Crippen MR) is 147 cm³/mol. The first kappa shape index (κ1) is 29.7. The predicted octanol–water partition coefficient (Wildman–Crippen LogP) is 4.57. The number of esters is 1.